The van der Waals surface area contributed by atoms with E-state index >= 15 is 0 Å². The first-order valence-corrected chi connectivity index (χ1v) is 7.39. The number of carbonyl (C=O) groups is 2. The molecule has 0 saturated heterocycles. The molecule has 0 aliphatic carbocycles. The van der Waals surface area contributed by atoms with Gasteiger partial charge in [-0.15, -0.1) is 0 Å². The van der Waals surface area contributed by atoms with E-state index in [2.05, 4.69) is 10.3 Å². The Balaban J connectivity index is 1.86. The molecular weight excluding hydrogens is 300 g/mol. The van der Waals surface area contributed by atoms with E-state index in [-0.39, 0.29) is 17.2 Å². The highest BCUT2D eigenvalue weighted by Gasteiger charge is 2.15. The Hall–Kier alpha value is -2.73. The number of hydrogen-bond acceptors (Lipinski definition) is 5. The fraction of sp³-hybridized carbons (Fsp3) is 0.0625. The van der Waals surface area contributed by atoms with Gasteiger partial charge in [-0.1, -0.05) is 35.6 Å². The monoisotopic (exact) mass is 312 g/mol. The zero-order chi connectivity index (χ0) is 15.5. The van der Waals surface area contributed by atoms with Crippen molar-refractivity contribution in [3.63, 3.8) is 0 Å². The average molecular weight is 312 g/mol. The number of amides is 1. The largest absolute Gasteiger partial charge is 0.426 e. The van der Waals surface area contributed by atoms with Gasteiger partial charge in [-0.2, -0.15) is 0 Å². The van der Waals surface area contributed by atoms with Crippen LogP contribution >= 0.6 is 11.3 Å². The van der Waals surface area contributed by atoms with Crippen LogP contribution in [-0.4, -0.2) is 16.9 Å². The Bertz CT molecular complexity index is 824. The quantitative estimate of drug-likeness (QED) is 0.594. The molecule has 1 N–H and O–H groups in total. The molecular formula is C16H12N2O3S. The van der Waals surface area contributed by atoms with E-state index in [1.807, 2.05) is 24.3 Å². The minimum Gasteiger partial charge on any atom is -0.426 e. The summed E-state index contributed by atoms with van der Waals surface area (Å²) < 4.78 is 6.04. The molecule has 1 amide bonds. The number of nitrogens with zero attached hydrogens (tertiary/aromatic N) is 1. The van der Waals surface area contributed by atoms with Crippen LogP contribution in [0, 0.1) is 0 Å². The van der Waals surface area contributed by atoms with Gasteiger partial charge in [-0.25, -0.2) is 4.98 Å². The van der Waals surface area contributed by atoms with E-state index in [0.717, 1.165) is 10.2 Å². The number of rotatable bonds is 3. The molecule has 0 fully saturated rings. The van der Waals surface area contributed by atoms with Gasteiger partial charge in [0.25, 0.3) is 5.91 Å². The predicted molar refractivity (Wildman–Crippen MR) is 85.3 cm³/mol. The summed E-state index contributed by atoms with van der Waals surface area (Å²) in [4.78, 5) is 27.8. The number of aromatic nitrogens is 1. The molecule has 6 heteroatoms. The average Bonchev–Trinajstić information content (AvgIpc) is 2.89. The van der Waals surface area contributed by atoms with Crippen LogP contribution in [0.3, 0.4) is 0 Å². The first kappa shape index (κ1) is 14.2. The summed E-state index contributed by atoms with van der Waals surface area (Å²) in [5.41, 5.74) is 1.12. The summed E-state index contributed by atoms with van der Waals surface area (Å²) in [6.45, 7) is 1.29. The van der Waals surface area contributed by atoms with Crippen molar-refractivity contribution in [2.75, 3.05) is 5.32 Å². The third-order valence-corrected chi connectivity index (χ3v) is 3.85. The topological polar surface area (TPSA) is 68.3 Å². The third kappa shape index (κ3) is 2.96. The maximum absolute atomic E-state index is 12.4. The zero-order valence-corrected chi connectivity index (χ0v) is 12.5. The van der Waals surface area contributed by atoms with Crippen molar-refractivity contribution in [1.82, 2.24) is 4.98 Å². The second-order valence-electron chi connectivity index (χ2n) is 4.53. The van der Waals surface area contributed by atoms with Crippen molar-refractivity contribution in [3.8, 4) is 5.75 Å². The maximum Gasteiger partial charge on any atom is 0.308 e. The van der Waals surface area contributed by atoms with Crippen molar-refractivity contribution < 1.29 is 14.3 Å². The standard InChI is InChI=1S/C16H12N2O3S/c1-10(19)21-13-8-4-2-6-11(13)15(20)18-16-17-12-7-3-5-9-14(12)22-16/h2-9H,1H3,(H,17,18,20). The van der Waals surface area contributed by atoms with Gasteiger partial charge in [-0.05, 0) is 24.3 Å². The van der Waals surface area contributed by atoms with E-state index < -0.39 is 5.97 Å². The minimum absolute atomic E-state index is 0.230. The van der Waals surface area contributed by atoms with Gasteiger partial charge in [-0.3, -0.25) is 14.9 Å². The molecule has 0 aliphatic heterocycles. The van der Waals surface area contributed by atoms with E-state index in [1.54, 1.807) is 24.3 Å². The highest BCUT2D eigenvalue weighted by Crippen LogP contribution is 2.27. The van der Waals surface area contributed by atoms with Gasteiger partial charge >= 0.3 is 5.97 Å². The lowest BCUT2D eigenvalue weighted by Gasteiger charge is -2.07. The molecule has 0 aliphatic rings. The van der Waals surface area contributed by atoms with Gasteiger partial charge in [0.05, 0.1) is 15.8 Å². The molecule has 3 rings (SSSR count). The Morgan fingerprint density at radius 2 is 1.82 bits per heavy atom. The van der Waals surface area contributed by atoms with Crippen molar-refractivity contribution in [1.29, 1.82) is 0 Å². The summed E-state index contributed by atoms with van der Waals surface area (Å²) >= 11 is 1.39. The number of thiazole rings is 1. The number of benzene rings is 2. The predicted octanol–water partition coefficient (Wildman–Crippen LogP) is 3.47. The second kappa shape index (κ2) is 5.95. The van der Waals surface area contributed by atoms with Crippen molar-refractivity contribution in [2.45, 2.75) is 6.92 Å². The first-order valence-electron chi connectivity index (χ1n) is 6.58. The summed E-state index contributed by atoms with van der Waals surface area (Å²) in [6, 6.07) is 14.2. The SMILES string of the molecule is CC(=O)Oc1ccccc1C(=O)Nc1nc2ccccc2s1. The smallest absolute Gasteiger partial charge is 0.308 e. The molecule has 0 saturated carbocycles. The summed E-state index contributed by atoms with van der Waals surface area (Å²) in [6.07, 6.45) is 0. The van der Waals surface area contributed by atoms with E-state index in [4.69, 9.17) is 4.74 Å². The molecule has 3 aromatic rings. The molecule has 5 nitrogen and oxygen atoms in total. The molecule has 1 heterocycles. The first-order chi connectivity index (χ1) is 10.6. The minimum atomic E-state index is -0.472. The van der Waals surface area contributed by atoms with Crippen LogP contribution in [0.15, 0.2) is 48.5 Å². The van der Waals surface area contributed by atoms with Crippen molar-refractivity contribution in [3.05, 3.63) is 54.1 Å². The molecule has 0 atom stereocenters. The number of carbonyl (C=O) groups excluding carboxylic acids is 2. The molecule has 22 heavy (non-hydrogen) atoms. The van der Waals surface area contributed by atoms with Crippen LogP contribution in [0.4, 0.5) is 5.13 Å². The fourth-order valence-corrected chi connectivity index (χ4v) is 2.85. The highest BCUT2D eigenvalue weighted by molar-refractivity contribution is 7.22. The molecule has 110 valence electrons. The lowest BCUT2D eigenvalue weighted by Crippen LogP contribution is -2.14. The van der Waals surface area contributed by atoms with Crippen LogP contribution in [0.5, 0.6) is 5.75 Å². The number of ether oxygens (including phenoxy) is 1. The van der Waals surface area contributed by atoms with E-state index in [9.17, 15) is 9.59 Å². The van der Waals surface area contributed by atoms with E-state index in [0.29, 0.717) is 5.13 Å². The summed E-state index contributed by atoms with van der Waals surface area (Å²) in [7, 11) is 0. The zero-order valence-electron chi connectivity index (χ0n) is 11.7. The lowest BCUT2D eigenvalue weighted by atomic mass is 10.2. The molecule has 0 spiro atoms. The van der Waals surface area contributed by atoms with Crippen LogP contribution in [-0.2, 0) is 4.79 Å². The number of anilines is 1. The lowest BCUT2D eigenvalue weighted by molar-refractivity contribution is -0.131. The fourth-order valence-electron chi connectivity index (χ4n) is 1.99. The van der Waals surface area contributed by atoms with Crippen LogP contribution in [0.25, 0.3) is 10.2 Å². The molecule has 1 aromatic heterocycles. The molecule has 2 aromatic carbocycles. The Morgan fingerprint density at radius 3 is 2.59 bits per heavy atom. The van der Waals surface area contributed by atoms with Gasteiger partial charge in [0.2, 0.25) is 0 Å². The van der Waals surface area contributed by atoms with Gasteiger partial charge in [0.1, 0.15) is 5.75 Å². The van der Waals surface area contributed by atoms with Crippen molar-refractivity contribution in [2.24, 2.45) is 0 Å². The summed E-state index contributed by atoms with van der Waals surface area (Å²) in [5.74, 6) is -0.607. The third-order valence-electron chi connectivity index (χ3n) is 2.90. The molecule has 0 radical (unpaired) electrons. The molecule has 0 bridgehead atoms. The number of fused-ring (bicyclic) bond motifs is 1. The van der Waals surface area contributed by atoms with Crippen LogP contribution in [0.2, 0.25) is 0 Å². The number of para-hydroxylation sites is 2. The highest BCUT2D eigenvalue weighted by atomic mass is 32.1. The van der Waals surface area contributed by atoms with Crippen molar-refractivity contribution >= 4 is 38.6 Å². The summed E-state index contributed by atoms with van der Waals surface area (Å²) in [5, 5.41) is 3.24. The normalized spacial score (nSPS) is 10.4. The number of esters is 1. The van der Waals surface area contributed by atoms with Gasteiger partial charge in [0, 0.05) is 6.92 Å². The van der Waals surface area contributed by atoms with Gasteiger partial charge < -0.3 is 4.74 Å². The number of hydrogen-bond donors (Lipinski definition) is 1. The number of nitrogens with one attached hydrogen (secondary N) is 1. The van der Waals surface area contributed by atoms with Gasteiger partial charge in [0.15, 0.2) is 5.13 Å². The Labute approximate surface area is 130 Å². The Kier molecular flexibility index (Phi) is 3.84. The molecule has 0 unspecified atom stereocenters. The maximum atomic E-state index is 12.4. The Morgan fingerprint density at radius 1 is 1.09 bits per heavy atom. The second-order valence-corrected chi connectivity index (χ2v) is 5.56. The van der Waals surface area contributed by atoms with Crippen LogP contribution < -0.4 is 10.1 Å². The van der Waals surface area contributed by atoms with Crippen LogP contribution in [0.1, 0.15) is 17.3 Å². The van der Waals surface area contributed by atoms with E-state index in [1.165, 1.54) is 18.3 Å².